The molecule has 0 aromatic heterocycles. The quantitative estimate of drug-likeness (QED) is 0.534. The zero-order valence-corrected chi connectivity index (χ0v) is 9.71. The van der Waals surface area contributed by atoms with Crippen molar-refractivity contribution in [3.05, 3.63) is 0 Å². The van der Waals surface area contributed by atoms with Gasteiger partial charge in [-0.2, -0.15) is 0 Å². The second kappa shape index (κ2) is 14.9. The third kappa shape index (κ3) is 22.5. The summed E-state index contributed by atoms with van der Waals surface area (Å²) in [5.74, 6) is -0.211. The molecule has 0 atom stereocenters. The van der Waals surface area contributed by atoms with Crippen LogP contribution in [0.1, 0.15) is 52.9 Å². The summed E-state index contributed by atoms with van der Waals surface area (Å²) in [5, 5.41) is 8.37. The minimum absolute atomic E-state index is 0.211. The average Bonchev–Trinajstić information content (AvgIpc) is 2.13. The highest BCUT2D eigenvalue weighted by Gasteiger charge is 1.84. The van der Waals surface area contributed by atoms with Crippen molar-refractivity contribution in [2.45, 2.75) is 52.9 Å². The summed E-state index contributed by atoms with van der Waals surface area (Å²) in [7, 11) is 0. The molecule has 3 nitrogen and oxygen atoms in total. The first kappa shape index (κ1) is 15.9. The van der Waals surface area contributed by atoms with Crippen LogP contribution in [0.5, 0.6) is 0 Å². The molecule has 0 saturated heterocycles. The van der Waals surface area contributed by atoms with Crippen molar-refractivity contribution in [3.63, 3.8) is 0 Å². The fourth-order valence-electron chi connectivity index (χ4n) is 0.919. The molecule has 0 aliphatic heterocycles. The highest BCUT2D eigenvalue weighted by atomic mass is 16.5. The standard InChI is InChI=1S/C7H16O.C4H8O2/c1-2-3-4-5-6-7-8;1-3-6-4(2)5/h8H,2-7H2,1H3;3H2,1-2H3. The molecular formula is C11H24O3. The van der Waals surface area contributed by atoms with E-state index in [1.165, 1.54) is 32.6 Å². The van der Waals surface area contributed by atoms with E-state index in [2.05, 4.69) is 11.7 Å². The van der Waals surface area contributed by atoms with Crippen LogP contribution in [0, 0.1) is 0 Å². The van der Waals surface area contributed by atoms with Gasteiger partial charge in [0.1, 0.15) is 0 Å². The molecular weight excluding hydrogens is 180 g/mol. The van der Waals surface area contributed by atoms with Gasteiger partial charge in [0.05, 0.1) is 6.61 Å². The zero-order chi connectivity index (χ0) is 11.2. The lowest BCUT2D eigenvalue weighted by molar-refractivity contribution is -0.140. The number of aliphatic hydroxyl groups excluding tert-OH is 1. The highest BCUT2D eigenvalue weighted by molar-refractivity contribution is 5.65. The van der Waals surface area contributed by atoms with Crippen molar-refractivity contribution < 1.29 is 14.6 Å². The third-order valence-corrected chi connectivity index (χ3v) is 1.61. The molecule has 0 spiro atoms. The normalized spacial score (nSPS) is 8.86. The van der Waals surface area contributed by atoms with E-state index in [1.807, 2.05) is 0 Å². The molecule has 0 heterocycles. The predicted octanol–water partition coefficient (Wildman–Crippen LogP) is 2.52. The van der Waals surface area contributed by atoms with Gasteiger partial charge in [0, 0.05) is 13.5 Å². The van der Waals surface area contributed by atoms with Gasteiger partial charge in [-0.1, -0.05) is 32.6 Å². The van der Waals surface area contributed by atoms with Crippen LogP contribution in [0.2, 0.25) is 0 Å². The lowest BCUT2D eigenvalue weighted by atomic mass is 10.2. The Labute approximate surface area is 87.5 Å². The Morgan fingerprint density at radius 1 is 1.14 bits per heavy atom. The molecule has 0 fully saturated rings. The SMILES string of the molecule is CCCCCCCO.CCOC(C)=O. The number of ether oxygens (including phenoxy) is 1. The van der Waals surface area contributed by atoms with Crippen molar-refractivity contribution in [2.24, 2.45) is 0 Å². The monoisotopic (exact) mass is 204 g/mol. The Balaban J connectivity index is 0. The summed E-state index contributed by atoms with van der Waals surface area (Å²) in [6.45, 7) is 6.21. The van der Waals surface area contributed by atoms with Crippen molar-refractivity contribution in [2.75, 3.05) is 13.2 Å². The number of hydrogen-bond acceptors (Lipinski definition) is 3. The van der Waals surface area contributed by atoms with Crippen LogP contribution < -0.4 is 0 Å². The maximum absolute atomic E-state index is 9.82. The molecule has 0 rings (SSSR count). The van der Waals surface area contributed by atoms with Gasteiger partial charge in [-0.25, -0.2) is 0 Å². The van der Waals surface area contributed by atoms with Crippen LogP contribution >= 0.6 is 0 Å². The number of carbonyl (C=O) groups is 1. The molecule has 0 radical (unpaired) electrons. The molecule has 0 aliphatic rings. The minimum Gasteiger partial charge on any atom is -0.466 e. The maximum atomic E-state index is 9.82. The van der Waals surface area contributed by atoms with E-state index in [0.29, 0.717) is 13.2 Å². The summed E-state index contributed by atoms with van der Waals surface area (Å²) < 4.78 is 4.40. The van der Waals surface area contributed by atoms with E-state index in [4.69, 9.17) is 5.11 Å². The number of hydrogen-bond donors (Lipinski definition) is 1. The van der Waals surface area contributed by atoms with Crippen LogP contribution in [-0.2, 0) is 9.53 Å². The number of carbonyl (C=O) groups excluding carboxylic acids is 1. The largest absolute Gasteiger partial charge is 0.466 e. The van der Waals surface area contributed by atoms with E-state index in [0.717, 1.165) is 6.42 Å². The molecule has 14 heavy (non-hydrogen) atoms. The second-order valence-corrected chi connectivity index (χ2v) is 3.06. The fourth-order valence-corrected chi connectivity index (χ4v) is 0.919. The molecule has 0 aromatic carbocycles. The molecule has 0 bridgehead atoms. The summed E-state index contributed by atoms with van der Waals surface area (Å²) in [5.41, 5.74) is 0. The first-order valence-corrected chi connectivity index (χ1v) is 5.43. The number of unbranched alkanes of at least 4 members (excludes halogenated alkanes) is 4. The number of aliphatic hydroxyl groups is 1. The van der Waals surface area contributed by atoms with E-state index >= 15 is 0 Å². The smallest absolute Gasteiger partial charge is 0.302 e. The van der Waals surface area contributed by atoms with Crippen LogP contribution in [0.4, 0.5) is 0 Å². The summed E-state index contributed by atoms with van der Waals surface area (Å²) >= 11 is 0. The van der Waals surface area contributed by atoms with Gasteiger partial charge in [-0.05, 0) is 13.3 Å². The van der Waals surface area contributed by atoms with E-state index in [9.17, 15) is 4.79 Å². The average molecular weight is 204 g/mol. The molecule has 1 N–H and O–H groups in total. The lowest BCUT2D eigenvalue weighted by Gasteiger charge is -1.93. The molecule has 0 aliphatic carbocycles. The second-order valence-electron chi connectivity index (χ2n) is 3.06. The Morgan fingerprint density at radius 3 is 2.00 bits per heavy atom. The molecule has 0 saturated carbocycles. The third-order valence-electron chi connectivity index (χ3n) is 1.61. The van der Waals surface area contributed by atoms with Gasteiger partial charge in [-0.3, -0.25) is 4.79 Å². The number of rotatable bonds is 6. The predicted molar refractivity (Wildman–Crippen MR) is 58.2 cm³/mol. The van der Waals surface area contributed by atoms with Crippen molar-refractivity contribution in [3.8, 4) is 0 Å². The highest BCUT2D eigenvalue weighted by Crippen LogP contribution is 2.00. The lowest BCUT2D eigenvalue weighted by Crippen LogP contribution is -1.95. The fraction of sp³-hybridized carbons (Fsp3) is 0.909. The zero-order valence-electron chi connectivity index (χ0n) is 9.71. The van der Waals surface area contributed by atoms with Crippen molar-refractivity contribution in [1.82, 2.24) is 0 Å². The molecule has 3 heteroatoms. The molecule has 0 unspecified atom stereocenters. The van der Waals surface area contributed by atoms with E-state index < -0.39 is 0 Å². The van der Waals surface area contributed by atoms with E-state index in [1.54, 1.807) is 6.92 Å². The van der Waals surface area contributed by atoms with Crippen molar-refractivity contribution >= 4 is 5.97 Å². The van der Waals surface area contributed by atoms with Gasteiger partial charge < -0.3 is 9.84 Å². The van der Waals surface area contributed by atoms with Gasteiger partial charge in [-0.15, -0.1) is 0 Å². The van der Waals surface area contributed by atoms with Crippen LogP contribution in [0.3, 0.4) is 0 Å². The van der Waals surface area contributed by atoms with E-state index in [-0.39, 0.29) is 5.97 Å². The topological polar surface area (TPSA) is 46.5 Å². The number of esters is 1. The van der Waals surface area contributed by atoms with Gasteiger partial charge >= 0.3 is 5.97 Å². The maximum Gasteiger partial charge on any atom is 0.302 e. The summed E-state index contributed by atoms with van der Waals surface area (Å²) in [4.78, 5) is 9.82. The molecule has 0 amide bonds. The Bertz CT molecular complexity index is 107. The summed E-state index contributed by atoms with van der Waals surface area (Å²) in [6, 6.07) is 0. The van der Waals surface area contributed by atoms with Crippen LogP contribution in [0.15, 0.2) is 0 Å². The first-order valence-electron chi connectivity index (χ1n) is 5.43. The van der Waals surface area contributed by atoms with Gasteiger partial charge in [0.25, 0.3) is 0 Å². The van der Waals surface area contributed by atoms with Crippen molar-refractivity contribution in [1.29, 1.82) is 0 Å². The van der Waals surface area contributed by atoms with Gasteiger partial charge in [0.15, 0.2) is 0 Å². The summed E-state index contributed by atoms with van der Waals surface area (Å²) in [6.07, 6.45) is 6.08. The minimum atomic E-state index is -0.211. The Kier molecular flexibility index (Phi) is 16.9. The molecule has 86 valence electrons. The first-order chi connectivity index (χ1) is 6.68. The van der Waals surface area contributed by atoms with Crippen LogP contribution in [-0.4, -0.2) is 24.3 Å². The Morgan fingerprint density at radius 2 is 1.71 bits per heavy atom. The Hall–Kier alpha value is -0.570. The van der Waals surface area contributed by atoms with Gasteiger partial charge in [0.2, 0.25) is 0 Å². The van der Waals surface area contributed by atoms with Crippen LogP contribution in [0.25, 0.3) is 0 Å². The molecule has 0 aromatic rings.